The van der Waals surface area contributed by atoms with Gasteiger partial charge in [0, 0.05) is 23.3 Å². The van der Waals surface area contributed by atoms with Gasteiger partial charge in [0.2, 0.25) is 0 Å². The minimum Gasteiger partial charge on any atom is -0.480 e. The van der Waals surface area contributed by atoms with E-state index in [2.05, 4.69) is 9.97 Å². The van der Waals surface area contributed by atoms with Crippen LogP contribution in [0.3, 0.4) is 0 Å². The topological polar surface area (TPSA) is 66.0 Å². The Kier molecular flexibility index (Phi) is 3.39. The number of carboxylic acid groups (broad SMARTS) is 1. The molecule has 0 fully saturated rings. The molecular formula is C16H13ClN2O2. The van der Waals surface area contributed by atoms with Crippen molar-refractivity contribution in [1.29, 1.82) is 0 Å². The van der Waals surface area contributed by atoms with Gasteiger partial charge in [0.15, 0.2) is 0 Å². The lowest BCUT2D eigenvalue weighted by molar-refractivity contribution is -0.137. The van der Waals surface area contributed by atoms with Gasteiger partial charge < -0.3 is 10.1 Å². The van der Waals surface area contributed by atoms with Crippen molar-refractivity contribution < 1.29 is 9.90 Å². The number of pyridine rings is 1. The number of fused-ring (bicyclic) bond motifs is 1. The number of carbonyl (C=O) groups is 1. The molecule has 0 saturated carbocycles. The van der Waals surface area contributed by atoms with Crippen LogP contribution >= 0.6 is 11.6 Å². The van der Waals surface area contributed by atoms with Crippen LogP contribution in [0.15, 0.2) is 42.7 Å². The highest BCUT2D eigenvalue weighted by Gasteiger charge is 2.26. The van der Waals surface area contributed by atoms with Gasteiger partial charge >= 0.3 is 5.97 Å². The Labute approximate surface area is 126 Å². The molecule has 2 aromatic heterocycles. The number of aliphatic carboxylic acids is 1. The number of para-hydroxylation sites is 1. The molecule has 0 aliphatic carbocycles. The van der Waals surface area contributed by atoms with E-state index in [4.69, 9.17) is 11.6 Å². The minimum absolute atomic E-state index is 0.481. The molecule has 3 rings (SSSR count). The molecule has 106 valence electrons. The first-order valence-corrected chi connectivity index (χ1v) is 6.86. The van der Waals surface area contributed by atoms with E-state index in [1.807, 2.05) is 31.2 Å². The number of halogens is 1. The molecule has 21 heavy (non-hydrogen) atoms. The predicted octanol–water partition coefficient (Wildman–Crippen LogP) is 3.74. The second-order valence-corrected chi connectivity index (χ2v) is 5.33. The molecule has 0 saturated heterocycles. The molecule has 2 N–H and O–H groups in total. The van der Waals surface area contributed by atoms with Gasteiger partial charge in [-0.1, -0.05) is 29.8 Å². The molecule has 0 radical (unpaired) electrons. The molecule has 4 nitrogen and oxygen atoms in total. The number of carboxylic acids is 1. The highest BCUT2D eigenvalue weighted by molar-refractivity contribution is 6.31. The van der Waals surface area contributed by atoms with Crippen LogP contribution in [0.5, 0.6) is 0 Å². The zero-order valence-electron chi connectivity index (χ0n) is 11.3. The quantitative estimate of drug-likeness (QED) is 0.774. The van der Waals surface area contributed by atoms with Crippen molar-refractivity contribution in [3.63, 3.8) is 0 Å². The van der Waals surface area contributed by atoms with Crippen LogP contribution in [0.1, 0.15) is 22.7 Å². The van der Waals surface area contributed by atoms with Gasteiger partial charge in [-0.25, -0.2) is 0 Å². The molecular weight excluding hydrogens is 288 g/mol. The summed E-state index contributed by atoms with van der Waals surface area (Å²) >= 11 is 5.97. The molecule has 1 aromatic carbocycles. The second-order valence-electron chi connectivity index (χ2n) is 4.92. The SMILES string of the molecule is Cc1cc(C(C(=O)O)c2c[nH]c3ccccc23)ncc1Cl. The van der Waals surface area contributed by atoms with Crippen LogP contribution < -0.4 is 0 Å². The zero-order chi connectivity index (χ0) is 15.0. The maximum atomic E-state index is 11.8. The lowest BCUT2D eigenvalue weighted by Crippen LogP contribution is -2.14. The van der Waals surface area contributed by atoms with E-state index in [1.165, 1.54) is 6.20 Å². The van der Waals surface area contributed by atoms with Crippen LogP contribution in [0.2, 0.25) is 5.02 Å². The average Bonchev–Trinajstić information content (AvgIpc) is 2.87. The minimum atomic E-state index is -0.936. The maximum absolute atomic E-state index is 11.8. The van der Waals surface area contributed by atoms with E-state index in [0.29, 0.717) is 16.3 Å². The van der Waals surface area contributed by atoms with Gasteiger partial charge in [0.25, 0.3) is 0 Å². The lowest BCUT2D eigenvalue weighted by Gasteiger charge is -2.12. The number of rotatable bonds is 3. The third kappa shape index (κ3) is 2.38. The first kappa shape index (κ1) is 13.6. The predicted molar refractivity (Wildman–Crippen MR) is 81.8 cm³/mol. The molecule has 0 aliphatic rings. The molecule has 0 aliphatic heterocycles. The molecule has 0 spiro atoms. The Morgan fingerprint density at radius 2 is 2.14 bits per heavy atom. The molecule has 0 amide bonds. The highest BCUT2D eigenvalue weighted by Crippen LogP contribution is 2.31. The number of hydrogen-bond acceptors (Lipinski definition) is 2. The van der Waals surface area contributed by atoms with Crippen molar-refractivity contribution in [3.8, 4) is 0 Å². The third-order valence-corrected chi connectivity index (χ3v) is 3.94. The lowest BCUT2D eigenvalue weighted by atomic mass is 9.94. The first-order chi connectivity index (χ1) is 10.1. The summed E-state index contributed by atoms with van der Waals surface area (Å²) in [6.07, 6.45) is 3.23. The number of nitrogens with zero attached hydrogens (tertiary/aromatic N) is 1. The van der Waals surface area contributed by atoms with Gasteiger partial charge in [0.1, 0.15) is 5.92 Å². The number of H-pyrrole nitrogens is 1. The first-order valence-electron chi connectivity index (χ1n) is 6.49. The molecule has 5 heteroatoms. The summed E-state index contributed by atoms with van der Waals surface area (Å²) in [4.78, 5) is 19.1. The molecule has 3 aromatic rings. The van der Waals surface area contributed by atoms with Crippen molar-refractivity contribution in [3.05, 3.63) is 64.6 Å². The Hall–Kier alpha value is -2.33. The van der Waals surface area contributed by atoms with Crippen molar-refractivity contribution >= 4 is 28.5 Å². The molecule has 1 atom stereocenters. The van der Waals surface area contributed by atoms with Gasteiger partial charge in [-0.15, -0.1) is 0 Å². The van der Waals surface area contributed by atoms with Crippen molar-refractivity contribution in [2.24, 2.45) is 0 Å². The van der Waals surface area contributed by atoms with Gasteiger partial charge in [-0.2, -0.15) is 0 Å². The number of aryl methyl sites for hydroxylation is 1. The van der Waals surface area contributed by atoms with Crippen LogP contribution in [0.4, 0.5) is 0 Å². The van der Waals surface area contributed by atoms with E-state index in [9.17, 15) is 9.90 Å². The zero-order valence-corrected chi connectivity index (χ0v) is 12.1. The van der Waals surface area contributed by atoms with Crippen molar-refractivity contribution in [1.82, 2.24) is 9.97 Å². The normalized spacial score (nSPS) is 12.5. The van der Waals surface area contributed by atoms with Crippen LogP contribution in [0, 0.1) is 6.92 Å². The van der Waals surface area contributed by atoms with Crippen LogP contribution in [-0.4, -0.2) is 21.0 Å². The fourth-order valence-corrected chi connectivity index (χ4v) is 2.57. The van der Waals surface area contributed by atoms with E-state index >= 15 is 0 Å². The maximum Gasteiger partial charge on any atom is 0.317 e. The Bertz CT molecular complexity index is 826. The molecule has 2 heterocycles. The van der Waals surface area contributed by atoms with Gasteiger partial charge in [-0.3, -0.25) is 9.78 Å². The van der Waals surface area contributed by atoms with E-state index < -0.39 is 11.9 Å². The Morgan fingerprint density at radius 3 is 2.86 bits per heavy atom. The summed E-state index contributed by atoms with van der Waals surface area (Å²) in [5, 5.41) is 11.0. The second kappa shape index (κ2) is 5.22. The highest BCUT2D eigenvalue weighted by atomic mass is 35.5. The third-order valence-electron chi connectivity index (χ3n) is 3.54. The summed E-state index contributed by atoms with van der Waals surface area (Å²) < 4.78 is 0. The largest absolute Gasteiger partial charge is 0.480 e. The summed E-state index contributed by atoms with van der Waals surface area (Å²) in [6.45, 7) is 1.83. The Morgan fingerprint density at radius 1 is 1.38 bits per heavy atom. The van der Waals surface area contributed by atoms with E-state index in [-0.39, 0.29) is 0 Å². The smallest absolute Gasteiger partial charge is 0.317 e. The van der Waals surface area contributed by atoms with Gasteiger partial charge in [0.05, 0.1) is 10.7 Å². The number of nitrogens with one attached hydrogen (secondary N) is 1. The summed E-state index contributed by atoms with van der Waals surface area (Å²) in [7, 11) is 0. The number of aromatic nitrogens is 2. The van der Waals surface area contributed by atoms with Gasteiger partial charge in [-0.05, 0) is 30.2 Å². The van der Waals surface area contributed by atoms with E-state index in [0.717, 1.165) is 16.5 Å². The van der Waals surface area contributed by atoms with Crippen LogP contribution in [0.25, 0.3) is 10.9 Å². The standard InChI is InChI=1S/C16H13ClN2O2/c1-9-6-14(19-8-12(9)17)15(16(20)21)11-7-18-13-5-3-2-4-10(11)13/h2-8,15,18H,1H3,(H,20,21). The number of benzene rings is 1. The van der Waals surface area contributed by atoms with Crippen molar-refractivity contribution in [2.75, 3.05) is 0 Å². The molecule has 1 unspecified atom stereocenters. The van der Waals surface area contributed by atoms with Crippen LogP contribution in [-0.2, 0) is 4.79 Å². The summed E-state index contributed by atoms with van der Waals surface area (Å²) in [5.74, 6) is -1.76. The van der Waals surface area contributed by atoms with E-state index in [1.54, 1.807) is 12.3 Å². The summed E-state index contributed by atoms with van der Waals surface area (Å²) in [5.41, 5.74) is 2.90. The fraction of sp³-hybridized carbons (Fsp3) is 0.125. The molecule has 0 bridgehead atoms. The average molecular weight is 301 g/mol. The number of hydrogen-bond donors (Lipinski definition) is 2. The monoisotopic (exact) mass is 300 g/mol. The fourth-order valence-electron chi connectivity index (χ4n) is 2.47. The Balaban J connectivity index is 2.18. The number of aromatic amines is 1. The van der Waals surface area contributed by atoms with Crippen molar-refractivity contribution in [2.45, 2.75) is 12.8 Å². The summed E-state index contributed by atoms with van der Waals surface area (Å²) in [6, 6.07) is 9.34.